The molecule has 1 amide bonds. The van der Waals surface area contributed by atoms with E-state index in [0.717, 1.165) is 23.1 Å². The fraction of sp³-hybridized carbons (Fsp3) is 0.360. The lowest BCUT2D eigenvalue weighted by atomic mass is 9.89. The number of likely N-dealkylation sites (tertiary alicyclic amines) is 1. The van der Waals surface area contributed by atoms with Gasteiger partial charge in [0.15, 0.2) is 12.1 Å². The Morgan fingerprint density at radius 1 is 1.13 bits per heavy atom. The summed E-state index contributed by atoms with van der Waals surface area (Å²) in [5, 5.41) is 10.1. The maximum atomic E-state index is 12.8. The molecule has 1 saturated heterocycles. The topological polar surface area (TPSA) is 66.6 Å². The van der Waals surface area contributed by atoms with Gasteiger partial charge in [0, 0.05) is 19.0 Å². The largest absolute Gasteiger partial charge is 0.448 e. The predicted molar refractivity (Wildman–Crippen MR) is 114 cm³/mol. The number of oxazole rings is 1. The molecule has 0 spiro atoms. The zero-order valence-electron chi connectivity index (χ0n) is 17.2. The number of hydrogen-bond donors (Lipinski definition) is 1. The molecule has 5 heteroatoms. The number of aliphatic hydroxyl groups is 1. The third-order valence-corrected chi connectivity index (χ3v) is 6.46. The highest BCUT2D eigenvalue weighted by Gasteiger charge is 2.31. The van der Waals surface area contributed by atoms with Gasteiger partial charge < -0.3 is 14.4 Å². The van der Waals surface area contributed by atoms with Gasteiger partial charge in [-0.15, -0.1) is 0 Å². The summed E-state index contributed by atoms with van der Waals surface area (Å²) in [6.45, 7) is 3.08. The zero-order valence-corrected chi connectivity index (χ0v) is 17.2. The molecule has 2 fully saturated rings. The van der Waals surface area contributed by atoms with Gasteiger partial charge in [0.05, 0.1) is 6.61 Å². The van der Waals surface area contributed by atoms with Gasteiger partial charge in [-0.25, -0.2) is 4.98 Å². The lowest BCUT2D eigenvalue weighted by Gasteiger charge is -2.18. The van der Waals surface area contributed by atoms with E-state index in [1.54, 1.807) is 6.92 Å². The van der Waals surface area contributed by atoms with Crippen molar-refractivity contribution < 1.29 is 14.3 Å². The molecule has 1 saturated carbocycles. The van der Waals surface area contributed by atoms with Crippen molar-refractivity contribution in [2.75, 3.05) is 13.1 Å². The van der Waals surface area contributed by atoms with Crippen molar-refractivity contribution in [3.8, 4) is 11.1 Å². The van der Waals surface area contributed by atoms with Gasteiger partial charge in [-0.05, 0) is 66.0 Å². The normalized spacial score (nSPS) is 18.7. The van der Waals surface area contributed by atoms with Crippen molar-refractivity contribution in [3.63, 3.8) is 0 Å². The number of carbonyl (C=O) groups excluding carboxylic acids is 1. The summed E-state index contributed by atoms with van der Waals surface area (Å²) in [5.41, 5.74) is 6.33. The molecule has 5 rings (SSSR count). The van der Waals surface area contributed by atoms with Crippen LogP contribution in [0.15, 0.2) is 53.3 Å². The van der Waals surface area contributed by atoms with Gasteiger partial charge in [-0.1, -0.05) is 36.4 Å². The van der Waals surface area contributed by atoms with Crippen molar-refractivity contribution >= 4 is 5.91 Å². The van der Waals surface area contributed by atoms with E-state index in [9.17, 15) is 9.90 Å². The van der Waals surface area contributed by atoms with Crippen molar-refractivity contribution in [3.05, 3.63) is 77.0 Å². The van der Waals surface area contributed by atoms with Crippen molar-refractivity contribution in [2.45, 2.75) is 44.6 Å². The monoisotopic (exact) mass is 402 g/mol. The fourth-order valence-electron chi connectivity index (χ4n) is 4.68. The van der Waals surface area contributed by atoms with Crippen LogP contribution in [-0.4, -0.2) is 34.0 Å². The van der Waals surface area contributed by atoms with E-state index in [-0.39, 0.29) is 18.4 Å². The number of amides is 1. The van der Waals surface area contributed by atoms with E-state index in [0.29, 0.717) is 30.5 Å². The Kier molecular flexibility index (Phi) is 4.91. The van der Waals surface area contributed by atoms with E-state index in [4.69, 9.17) is 4.42 Å². The minimum absolute atomic E-state index is 0.00160. The first kappa shape index (κ1) is 19.1. The van der Waals surface area contributed by atoms with Crippen LogP contribution in [0.3, 0.4) is 0 Å². The quantitative estimate of drug-likeness (QED) is 0.675. The minimum atomic E-state index is -0.0794. The van der Waals surface area contributed by atoms with Crippen molar-refractivity contribution in [1.29, 1.82) is 0 Å². The first-order chi connectivity index (χ1) is 14.7. The van der Waals surface area contributed by atoms with Crippen LogP contribution in [0.25, 0.3) is 11.1 Å². The van der Waals surface area contributed by atoms with Crippen LogP contribution in [0.5, 0.6) is 0 Å². The number of nitrogens with zero attached hydrogens (tertiary/aromatic N) is 2. The molecular weight excluding hydrogens is 376 g/mol. The number of carbonyl (C=O) groups is 1. The molecular formula is C25H26N2O3. The third-order valence-electron chi connectivity index (χ3n) is 6.46. The first-order valence-corrected chi connectivity index (χ1v) is 10.7. The van der Waals surface area contributed by atoms with Crippen LogP contribution in [0.4, 0.5) is 0 Å². The Hall–Kier alpha value is -2.92. The molecule has 0 radical (unpaired) electrons. The summed E-state index contributed by atoms with van der Waals surface area (Å²) in [7, 11) is 0. The summed E-state index contributed by atoms with van der Waals surface area (Å²) < 4.78 is 5.19. The lowest BCUT2D eigenvalue weighted by Crippen LogP contribution is -2.29. The molecule has 5 nitrogen and oxygen atoms in total. The Labute approximate surface area is 176 Å². The van der Waals surface area contributed by atoms with Crippen LogP contribution in [0.2, 0.25) is 0 Å². The molecule has 30 heavy (non-hydrogen) atoms. The Morgan fingerprint density at radius 3 is 2.70 bits per heavy atom. The standard InChI is InChI=1S/C25H26N2O3/c1-16-24(26-15-30-16)25(29)27-11-10-19(13-27)21-9-8-18(12-20(21)14-28)23-5-3-2-4-22(23)17-6-7-17/h2-5,8-9,12,15,17,19,28H,6-7,10-11,13-14H2,1H3. The zero-order chi connectivity index (χ0) is 20.7. The SMILES string of the molecule is Cc1ocnc1C(=O)N1CCC(c2ccc(-c3ccccc3C3CC3)cc2CO)C1. The van der Waals surface area contributed by atoms with E-state index >= 15 is 0 Å². The first-order valence-electron chi connectivity index (χ1n) is 10.7. The molecule has 2 aliphatic rings. The second-order valence-corrected chi connectivity index (χ2v) is 8.43. The average molecular weight is 402 g/mol. The molecule has 2 aromatic carbocycles. The molecule has 0 bridgehead atoms. The van der Waals surface area contributed by atoms with Crippen LogP contribution in [0.1, 0.15) is 64.0 Å². The highest BCUT2D eigenvalue weighted by Crippen LogP contribution is 2.44. The van der Waals surface area contributed by atoms with Gasteiger partial charge in [0.25, 0.3) is 5.91 Å². The maximum absolute atomic E-state index is 12.8. The summed E-state index contributed by atoms with van der Waals surface area (Å²) in [6.07, 6.45) is 4.73. The van der Waals surface area contributed by atoms with E-state index in [1.165, 1.54) is 30.4 Å². The molecule has 1 aliphatic heterocycles. The van der Waals surface area contributed by atoms with Gasteiger partial charge >= 0.3 is 0 Å². The van der Waals surface area contributed by atoms with Crippen molar-refractivity contribution in [2.24, 2.45) is 0 Å². The predicted octanol–water partition coefficient (Wildman–Crippen LogP) is 4.65. The van der Waals surface area contributed by atoms with Gasteiger partial charge in [-0.3, -0.25) is 4.79 Å². The summed E-state index contributed by atoms with van der Waals surface area (Å²) in [5.74, 6) is 1.37. The van der Waals surface area contributed by atoms with Crippen LogP contribution < -0.4 is 0 Å². The average Bonchev–Trinajstić information content (AvgIpc) is 3.35. The van der Waals surface area contributed by atoms with Crippen LogP contribution >= 0.6 is 0 Å². The molecule has 2 heterocycles. The number of aromatic nitrogens is 1. The smallest absolute Gasteiger partial charge is 0.276 e. The second kappa shape index (κ2) is 7.73. The molecule has 3 aromatic rings. The van der Waals surface area contributed by atoms with Gasteiger partial charge in [0.2, 0.25) is 0 Å². The molecule has 1 aliphatic carbocycles. The number of aryl methyl sites for hydroxylation is 1. The number of hydrogen-bond acceptors (Lipinski definition) is 4. The Balaban J connectivity index is 1.39. The lowest BCUT2D eigenvalue weighted by molar-refractivity contribution is 0.0784. The van der Waals surface area contributed by atoms with E-state index in [1.807, 2.05) is 4.90 Å². The summed E-state index contributed by atoms with van der Waals surface area (Å²) in [6, 6.07) is 15.0. The summed E-state index contributed by atoms with van der Waals surface area (Å²) >= 11 is 0. The summed E-state index contributed by atoms with van der Waals surface area (Å²) in [4.78, 5) is 18.7. The van der Waals surface area contributed by atoms with E-state index in [2.05, 4.69) is 47.4 Å². The van der Waals surface area contributed by atoms with Crippen LogP contribution in [-0.2, 0) is 6.61 Å². The number of aliphatic hydroxyl groups excluding tert-OH is 1. The molecule has 1 N–H and O–H groups in total. The molecule has 1 atom stereocenters. The second-order valence-electron chi connectivity index (χ2n) is 8.43. The fourth-order valence-corrected chi connectivity index (χ4v) is 4.68. The highest BCUT2D eigenvalue weighted by atomic mass is 16.3. The van der Waals surface area contributed by atoms with E-state index < -0.39 is 0 Å². The van der Waals surface area contributed by atoms with Crippen LogP contribution in [0, 0.1) is 6.92 Å². The molecule has 1 unspecified atom stereocenters. The minimum Gasteiger partial charge on any atom is -0.448 e. The Morgan fingerprint density at radius 2 is 1.97 bits per heavy atom. The third kappa shape index (κ3) is 3.43. The van der Waals surface area contributed by atoms with Gasteiger partial charge in [0.1, 0.15) is 5.76 Å². The maximum Gasteiger partial charge on any atom is 0.276 e. The number of benzene rings is 2. The molecule has 1 aromatic heterocycles. The van der Waals surface area contributed by atoms with Crippen molar-refractivity contribution in [1.82, 2.24) is 9.88 Å². The number of rotatable bonds is 5. The highest BCUT2D eigenvalue weighted by molar-refractivity contribution is 5.93. The Bertz CT molecular complexity index is 1080. The molecule has 154 valence electrons. The van der Waals surface area contributed by atoms with Gasteiger partial charge in [-0.2, -0.15) is 0 Å².